The predicted molar refractivity (Wildman–Crippen MR) is 117 cm³/mol. The molecule has 2 heterocycles. The van der Waals surface area contributed by atoms with E-state index in [0.29, 0.717) is 6.54 Å². The zero-order chi connectivity index (χ0) is 20.8. The van der Waals surface area contributed by atoms with Gasteiger partial charge in [-0.15, -0.1) is 0 Å². The molecule has 1 aliphatic rings. The summed E-state index contributed by atoms with van der Waals surface area (Å²) in [5.41, 5.74) is 1.15. The van der Waals surface area contributed by atoms with E-state index in [2.05, 4.69) is 15.3 Å². The molecule has 1 aromatic carbocycles. The van der Waals surface area contributed by atoms with E-state index in [4.69, 9.17) is 4.74 Å². The van der Waals surface area contributed by atoms with E-state index in [1.165, 1.54) is 0 Å². The third-order valence-corrected chi connectivity index (χ3v) is 5.59. The van der Waals surface area contributed by atoms with Gasteiger partial charge in [-0.1, -0.05) is 12.1 Å². The van der Waals surface area contributed by atoms with Gasteiger partial charge in [-0.25, -0.2) is 0 Å². The van der Waals surface area contributed by atoms with Crippen molar-refractivity contribution in [2.24, 2.45) is 0 Å². The fraction of sp³-hybridized carbons (Fsp3) is 0.375. The van der Waals surface area contributed by atoms with Gasteiger partial charge in [0.25, 0.3) is 0 Å². The smallest absolute Gasteiger partial charge is 0.234 e. The van der Waals surface area contributed by atoms with Crippen LogP contribution in [0.15, 0.2) is 61.2 Å². The van der Waals surface area contributed by atoms with Gasteiger partial charge in [-0.3, -0.25) is 19.7 Å². The maximum atomic E-state index is 12.4. The van der Waals surface area contributed by atoms with Crippen LogP contribution in [0.4, 0.5) is 0 Å². The zero-order valence-electron chi connectivity index (χ0n) is 17.3. The number of likely N-dealkylation sites (N-methyl/N-ethyl adjacent to an activating group) is 1. The van der Waals surface area contributed by atoms with Gasteiger partial charge in [0.05, 0.1) is 12.6 Å². The Morgan fingerprint density at radius 1 is 1.07 bits per heavy atom. The summed E-state index contributed by atoms with van der Waals surface area (Å²) in [5.74, 6) is 0.998. The number of fused-ring (bicyclic) bond motifs is 1. The summed E-state index contributed by atoms with van der Waals surface area (Å²) in [7, 11) is 1.96. The summed E-state index contributed by atoms with van der Waals surface area (Å²) in [4.78, 5) is 22.7. The molecule has 6 heteroatoms. The first kappa shape index (κ1) is 20.3. The van der Waals surface area contributed by atoms with Gasteiger partial charge in [0.15, 0.2) is 0 Å². The van der Waals surface area contributed by atoms with Crippen molar-refractivity contribution >= 4 is 16.7 Å². The van der Waals surface area contributed by atoms with Crippen molar-refractivity contribution in [2.75, 3.05) is 13.6 Å². The minimum atomic E-state index is 0.0810. The lowest BCUT2D eigenvalue weighted by Crippen LogP contribution is -2.43. The second kappa shape index (κ2) is 9.67. The van der Waals surface area contributed by atoms with Gasteiger partial charge in [0.1, 0.15) is 5.75 Å². The number of aromatic nitrogens is 2. The van der Waals surface area contributed by atoms with E-state index in [1.54, 1.807) is 18.6 Å². The van der Waals surface area contributed by atoms with Gasteiger partial charge >= 0.3 is 0 Å². The minimum absolute atomic E-state index is 0.0810. The van der Waals surface area contributed by atoms with Crippen molar-refractivity contribution in [1.29, 1.82) is 0 Å². The van der Waals surface area contributed by atoms with Crippen LogP contribution in [0.25, 0.3) is 10.8 Å². The van der Waals surface area contributed by atoms with Gasteiger partial charge < -0.3 is 10.1 Å². The highest BCUT2D eigenvalue weighted by molar-refractivity contribution is 5.87. The monoisotopic (exact) mass is 404 g/mol. The molecular weight excluding hydrogens is 376 g/mol. The first-order chi connectivity index (χ1) is 14.7. The first-order valence-electron chi connectivity index (χ1n) is 10.5. The molecule has 0 atom stereocenters. The highest BCUT2D eigenvalue weighted by Gasteiger charge is 2.24. The molecule has 30 heavy (non-hydrogen) atoms. The molecule has 156 valence electrons. The zero-order valence-corrected chi connectivity index (χ0v) is 17.3. The molecule has 0 radical (unpaired) electrons. The maximum Gasteiger partial charge on any atom is 0.234 e. The molecule has 1 fully saturated rings. The Kier molecular flexibility index (Phi) is 6.54. The molecule has 6 nitrogen and oxygen atoms in total. The molecule has 0 aliphatic heterocycles. The van der Waals surface area contributed by atoms with Crippen LogP contribution in [0.1, 0.15) is 31.2 Å². The van der Waals surface area contributed by atoms with Crippen LogP contribution in [0.5, 0.6) is 5.75 Å². The second-order valence-electron chi connectivity index (χ2n) is 8.04. The van der Waals surface area contributed by atoms with E-state index in [1.807, 2.05) is 54.5 Å². The Morgan fingerprint density at radius 3 is 2.63 bits per heavy atom. The van der Waals surface area contributed by atoms with E-state index in [9.17, 15) is 4.79 Å². The average molecular weight is 405 g/mol. The van der Waals surface area contributed by atoms with Crippen molar-refractivity contribution in [3.8, 4) is 5.75 Å². The lowest BCUT2D eigenvalue weighted by Gasteiger charge is -2.30. The Bertz CT molecular complexity index is 966. The third kappa shape index (κ3) is 5.33. The Hall–Kier alpha value is -2.99. The van der Waals surface area contributed by atoms with Crippen molar-refractivity contribution in [2.45, 2.75) is 44.4 Å². The summed E-state index contributed by atoms with van der Waals surface area (Å²) in [5, 5.41) is 5.38. The summed E-state index contributed by atoms with van der Waals surface area (Å²) in [6.45, 7) is 1.12. The summed E-state index contributed by atoms with van der Waals surface area (Å²) in [6, 6.07) is 12.3. The van der Waals surface area contributed by atoms with Gasteiger partial charge in [0, 0.05) is 48.1 Å². The largest absolute Gasteiger partial charge is 0.490 e. The summed E-state index contributed by atoms with van der Waals surface area (Å²) < 4.78 is 6.30. The molecule has 0 unspecified atom stereocenters. The standard InChI is InChI=1S/C24H28N4O2/c1-28(16-18-9-12-25-13-10-18)17-24(29)27-20-5-7-21(8-6-20)30-23-4-2-3-19-15-26-14-11-22(19)23/h2-4,9-15,20-21H,5-8,16-17H2,1H3,(H,27,29). The minimum Gasteiger partial charge on any atom is -0.490 e. The number of pyridine rings is 2. The van der Waals surface area contributed by atoms with E-state index in [0.717, 1.165) is 54.3 Å². The maximum absolute atomic E-state index is 12.4. The Labute approximate surface area is 177 Å². The van der Waals surface area contributed by atoms with Gasteiger partial charge in [-0.05, 0) is 62.6 Å². The fourth-order valence-corrected chi connectivity index (χ4v) is 4.07. The lowest BCUT2D eigenvalue weighted by atomic mass is 9.93. The van der Waals surface area contributed by atoms with Crippen molar-refractivity contribution in [3.63, 3.8) is 0 Å². The number of hydrogen-bond donors (Lipinski definition) is 1. The van der Waals surface area contributed by atoms with Crippen LogP contribution in [0, 0.1) is 0 Å². The summed E-state index contributed by atoms with van der Waals surface area (Å²) >= 11 is 0. The normalized spacial score (nSPS) is 19.0. The van der Waals surface area contributed by atoms with Crippen LogP contribution in [-0.4, -0.2) is 46.5 Å². The van der Waals surface area contributed by atoms with E-state index < -0.39 is 0 Å². The van der Waals surface area contributed by atoms with Crippen molar-refractivity contribution in [1.82, 2.24) is 20.2 Å². The topological polar surface area (TPSA) is 67.4 Å². The number of carbonyl (C=O) groups excluding carboxylic acids is 1. The molecule has 1 aliphatic carbocycles. The van der Waals surface area contributed by atoms with Gasteiger partial charge in [-0.2, -0.15) is 0 Å². The molecule has 0 spiro atoms. The number of rotatable bonds is 7. The summed E-state index contributed by atoms with van der Waals surface area (Å²) in [6.07, 6.45) is 11.2. The Balaban J connectivity index is 1.23. The molecule has 0 saturated heterocycles. The predicted octanol–water partition coefficient (Wildman–Crippen LogP) is 3.57. The molecule has 1 amide bonds. The molecule has 1 saturated carbocycles. The van der Waals surface area contributed by atoms with Crippen LogP contribution in [0.2, 0.25) is 0 Å². The number of hydrogen-bond acceptors (Lipinski definition) is 5. The highest BCUT2D eigenvalue weighted by atomic mass is 16.5. The van der Waals surface area contributed by atoms with Crippen LogP contribution in [0.3, 0.4) is 0 Å². The molecule has 0 bridgehead atoms. The molecule has 3 aromatic rings. The molecular formula is C24H28N4O2. The van der Waals surface area contributed by atoms with Crippen molar-refractivity contribution < 1.29 is 9.53 Å². The number of ether oxygens (including phenoxy) is 1. The quantitative estimate of drug-likeness (QED) is 0.652. The molecule has 1 N–H and O–H groups in total. The SMILES string of the molecule is CN(CC(=O)NC1CCC(Oc2cccc3cnccc23)CC1)Cc1ccncc1. The number of nitrogens with zero attached hydrogens (tertiary/aromatic N) is 3. The van der Waals surface area contributed by atoms with Crippen LogP contribution >= 0.6 is 0 Å². The van der Waals surface area contributed by atoms with Crippen molar-refractivity contribution in [3.05, 3.63) is 66.7 Å². The number of nitrogens with one attached hydrogen (secondary N) is 1. The number of amides is 1. The molecule has 4 rings (SSSR count). The van der Waals surface area contributed by atoms with Crippen LogP contribution in [-0.2, 0) is 11.3 Å². The Morgan fingerprint density at radius 2 is 1.83 bits per heavy atom. The van der Waals surface area contributed by atoms with Gasteiger partial charge in [0.2, 0.25) is 5.91 Å². The average Bonchev–Trinajstić information content (AvgIpc) is 2.76. The lowest BCUT2D eigenvalue weighted by molar-refractivity contribution is -0.123. The van der Waals surface area contributed by atoms with E-state index >= 15 is 0 Å². The molecule has 2 aromatic heterocycles. The number of benzene rings is 1. The number of carbonyl (C=O) groups is 1. The first-order valence-corrected chi connectivity index (χ1v) is 10.5. The van der Waals surface area contributed by atoms with Crippen LogP contribution < -0.4 is 10.1 Å². The second-order valence-corrected chi connectivity index (χ2v) is 8.04. The fourth-order valence-electron chi connectivity index (χ4n) is 4.07. The highest BCUT2D eigenvalue weighted by Crippen LogP contribution is 2.29. The van der Waals surface area contributed by atoms with E-state index in [-0.39, 0.29) is 18.1 Å². The third-order valence-electron chi connectivity index (χ3n) is 5.59.